The Morgan fingerprint density at radius 2 is 2.12 bits per heavy atom. The molecule has 1 aromatic heterocycles. The Labute approximate surface area is 103 Å². The van der Waals surface area contributed by atoms with Gasteiger partial charge in [0.05, 0.1) is 5.02 Å². The second-order valence-electron chi connectivity index (χ2n) is 3.85. The quantitative estimate of drug-likeness (QED) is 0.756. The van der Waals surface area contributed by atoms with Gasteiger partial charge in [-0.25, -0.2) is 9.37 Å². The lowest BCUT2D eigenvalue weighted by molar-refractivity contribution is 0.628. The summed E-state index contributed by atoms with van der Waals surface area (Å²) in [6, 6.07) is 4.68. The van der Waals surface area contributed by atoms with E-state index in [9.17, 15) is 4.39 Å². The molecule has 84 valence electrons. The fourth-order valence-corrected chi connectivity index (χ4v) is 2.41. The summed E-state index contributed by atoms with van der Waals surface area (Å²) in [6.45, 7) is 4.24. The summed E-state index contributed by atoms with van der Waals surface area (Å²) >= 11 is 7.35. The molecule has 0 N–H and O–H groups in total. The Morgan fingerprint density at radius 1 is 1.38 bits per heavy atom. The summed E-state index contributed by atoms with van der Waals surface area (Å²) in [5, 5.41) is 1.02. The van der Waals surface area contributed by atoms with Crippen LogP contribution in [0.15, 0.2) is 24.4 Å². The molecule has 0 aliphatic carbocycles. The van der Waals surface area contributed by atoms with Crippen LogP contribution in [0, 0.1) is 5.82 Å². The Hall–Kier alpha value is -0.930. The van der Waals surface area contributed by atoms with Crippen LogP contribution in [0.3, 0.4) is 0 Å². The molecule has 0 saturated carbocycles. The van der Waals surface area contributed by atoms with Crippen molar-refractivity contribution in [2.75, 3.05) is 0 Å². The van der Waals surface area contributed by atoms with Crippen LogP contribution in [0.1, 0.15) is 24.6 Å². The molecule has 0 saturated heterocycles. The zero-order chi connectivity index (χ0) is 11.7. The topological polar surface area (TPSA) is 12.9 Å². The van der Waals surface area contributed by atoms with Gasteiger partial charge in [-0.1, -0.05) is 25.4 Å². The van der Waals surface area contributed by atoms with E-state index in [1.54, 1.807) is 23.5 Å². The van der Waals surface area contributed by atoms with Gasteiger partial charge in [0.1, 0.15) is 10.8 Å². The zero-order valence-electron chi connectivity index (χ0n) is 9.00. The third-order valence-corrected chi connectivity index (χ3v) is 3.90. The van der Waals surface area contributed by atoms with Gasteiger partial charge in [-0.2, -0.15) is 0 Å². The molecule has 1 nitrogen and oxygen atoms in total. The molecule has 0 amide bonds. The summed E-state index contributed by atoms with van der Waals surface area (Å²) in [5.41, 5.74) is 0.864. The first-order valence-electron chi connectivity index (χ1n) is 4.99. The Bertz CT molecular complexity index is 507. The lowest BCUT2D eigenvalue weighted by atomic mass is 10.2. The van der Waals surface area contributed by atoms with Crippen LogP contribution in [-0.4, -0.2) is 4.98 Å². The number of thiazole rings is 1. The number of nitrogens with zero attached hydrogens (tertiary/aromatic N) is 1. The van der Waals surface area contributed by atoms with Crippen LogP contribution < -0.4 is 0 Å². The lowest BCUT2D eigenvalue weighted by Crippen LogP contribution is -1.79. The highest BCUT2D eigenvalue weighted by Gasteiger charge is 2.09. The van der Waals surface area contributed by atoms with Gasteiger partial charge >= 0.3 is 0 Å². The van der Waals surface area contributed by atoms with Gasteiger partial charge in [-0.05, 0) is 24.1 Å². The number of rotatable bonds is 2. The number of halogens is 2. The summed E-state index contributed by atoms with van der Waals surface area (Å²) in [6.07, 6.45) is 1.86. The van der Waals surface area contributed by atoms with Crippen molar-refractivity contribution in [3.63, 3.8) is 0 Å². The van der Waals surface area contributed by atoms with Crippen molar-refractivity contribution in [3.05, 3.63) is 40.1 Å². The number of hydrogen-bond acceptors (Lipinski definition) is 2. The van der Waals surface area contributed by atoms with E-state index in [-0.39, 0.29) is 5.02 Å². The van der Waals surface area contributed by atoms with Crippen LogP contribution in [-0.2, 0) is 0 Å². The average molecular weight is 256 g/mol. The van der Waals surface area contributed by atoms with E-state index in [0.29, 0.717) is 5.92 Å². The summed E-state index contributed by atoms with van der Waals surface area (Å²) in [5.74, 6) is 0.0632. The van der Waals surface area contributed by atoms with Crippen LogP contribution >= 0.6 is 22.9 Å². The first-order chi connectivity index (χ1) is 7.58. The highest BCUT2D eigenvalue weighted by Crippen LogP contribution is 2.31. The molecule has 0 unspecified atom stereocenters. The van der Waals surface area contributed by atoms with Gasteiger partial charge in [-0.15, -0.1) is 11.3 Å². The number of benzene rings is 1. The minimum absolute atomic E-state index is 0.138. The predicted octanol–water partition coefficient (Wildman–Crippen LogP) is 4.73. The van der Waals surface area contributed by atoms with Crippen molar-refractivity contribution >= 4 is 22.9 Å². The molecule has 0 atom stereocenters. The molecule has 1 heterocycles. The Morgan fingerprint density at radius 3 is 2.69 bits per heavy atom. The largest absolute Gasteiger partial charge is 0.244 e. The van der Waals surface area contributed by atoms with E-state index in [0.717, 1.165) is 10.6 Å². The molecule has 0 spiro atoms. The van der Waals surface area contributed by atoms with E-state index in [2.05, 4.69) is 18.8 Å². The summed E-state index contributed by atoms with van der Waals surface area (Å²) in [7, 11) is 0. The predicted molar refractivity (Wildman–Crippen MR) is 66.6 cm³/mol. The maximum Gasteiger partial charge on any atom is 0.141 e. The third-order valence-electron chi connectivity index (χ3n) is 2.26. The fraction of sp³-hybridized carbons (Fsp3) is 0.250. The lowest BCUT2D eigenvalue weighted by Gasteiger charge is -1.99. The van der Waals surface area contributed by atoms with Crippen molar-refractivity contribution in [2.24, 2.45) is 0 Å². The minimum Gasteiger partial charge on any atom is -0.244 e. The molecule has 0 aliphatic rings. The fourth-order valence-electron chi connectivity index (χ4n) is 1.32. The normalized spacial score (nSPS) is 11.1. The van der Waals surface area contributed by atoms with Gasteiger partial charge < -0.3 is 0 Å². The second kappa shape index (κ2) is 4.52. The highest BCUT2D eigenvalue weighted by atomic mass is 35.5. The minimum atomic E-state index is -0.397. The van der Waals surface area contributed by atoms with E-state index < -0.39 is 5.82 Å². The van der Waals surface area contributed by atoms with E-state index in [1.165, 1.54) is 10.9 Å². The third kappa shape index (κ3) is 2.25. The second-order valence-corrected chi connectivity index (χ2v) is 5.32. The molecule has 0 fully saturated rings. The van der Waals surface area contributed by atoms with E-state index in [4.69, 9.17) is 11.6 Å². The van der Waals surface area contributed by atoms with Crippen LogP contribution in [0.25, 0.3) is 10.6 Å². The Balaban J connectivity index is 2.39. The van der Waals surface area contributed by atoms with E-state index >= 15 is 0 Å². The number of hydrogen-bond donors (Lipinski definition) is 0. The average Bonchev–Trinajstić information content (AvgIpc) is 2.71. The molecule has 16 heavy (non-hydrogen) atoms. The monoisotopic (exact) mass is 255 g/mol. The molecule has 4 heteroatoms. The molecule has 1 aromatic carbocycles. The summed E-state index contributed by atoms with van der Waals surface area (Å²) < 4.78 is 13.0. The summed E-state index contributed by atoms with van der Waals surface area (Å²) in [4.78, 5) is 5.53. The van der Waals surface area contributed by atoms with Crippen LogP contribution in [0.2, 0.25) is 5.02 Å². The van der Waals surface area contributed by atoms with Crippen molar-refractivity contribution in [1.29, 1.82) is 0 Å². The van der Waals surface area contributed by atoms with Gasteiger partial charge in [0.25, 0.3) is 0 Å². The number of aromatic nitrogens is 1. The van der Waals surface area contributed by atoms with Crippen molar-refractivity contribution in [2.45, 2.75) is 19.8 Å². The van der Waals surface area contributed by atoms with Gasteiger partial charge in [0.2, 0.25) is 0 Å². The highest BCUT2D eigenvalue weighted by molar-refractivity contribution is 7.15. The van der Waals surface area contributed by atoms with Crippen molar-refractivity contribution in [1.82, 2.24) is 4.98 Å². The molecular formula is C12H11ClFNS. The molecular weight excluding hydrogens is 245 g/mol. The Kier molecular flexibility index (Phi) is 3.26. The van der Waals surface area contributed by atoms with Gasteiger partial charge in [0, 0.05) is 16.6 Å². The molecule has 0 radical (unpaired) electrons. The first kappa shape index (κ1) is 11.6. The van der Waals surface area contributed by atoms with Crippen molar-refractivity contribution < 1.29 is 4.39 Å². The molecule has 0 aliphatic heterocycles. The maximum atomic E-state index is 13.0. The first-order valence-corrected chi connectivity index (χ1v) is 6.18. The van der Waals surface area contributed by atoms with Gasteiger partial charge in [-0.3, -0.25) is 0 Å². The van der Waals surface area contributed by atoms with Crippen LogP contribution in [0.5, 0.6) is 0 Å². The molecule has 2 aromatic rings. The van der Waals surface area contributed by atoms with E-state index in [1.807, 2.05) is 6.20 Å². The van der Waals surface area contributed by atoms with Gasteiger partial charge in [0.15, 0.2) is 0 Å². The maximum absolute atomic E-state index is 13.0. The SMILES string of the molecule is CC(C)c1cnc(-c2ccc(F)c(Cl)c2)s1. The molecule has 2 rings (SSSR count). The standard InChI is InChI=1S/C12H11ClFNS/c1-7(2)11-6-15-12(16-11)8-3-4-10(14)9(13)5-8/h3-7H,1-2H3. The smallest absolute Gasteiger partial charge is 0.141 e. The zero-order valence-corrected chi connectivity index (χ0v) is 10.6. The molecule has 0 bridgehead atoms. The van der Waals surface area contributed by atoms with Crippen LogP contribution in [0.4, 0.5) is 4.39 Å². The van der Waals surface area contributed by atoms with Crippen molar-refractivity contribution in [3.8, 4) is 10.6 Å².